The molecule has 0 spiro atoms. The van der Waals surface area contributed by atoms with Crippen molar-refractivity contribution in [2.45, 2.75) is 19.4 Å². The molecular weight excluding hydrogens is 219 g/mol. The van der Waals surface area contributed by atoms with Crippen LogP contribution >= 0.6 is 0 Å². The minimum absolute atomic E-state index is 0.0355. The van der Waals surface area contributed by atoms with Crippen LogP contribution in [0.2, 0.25) is 0 Å². The summed E-state index contributed by atoms with van der Waals surface area (Å²) in [5.74, 6) is -0.161. The molecule has 94 valence electrons. The predicted octanol–water partition coefficient (Wildman–Crippen LogP) is 1.55. The Kier molecular flexibility index (Phi) is 3.97. The Hall–Kier alpha value is -1.13. The van der Waals surface area contributed by atoms with Crippen molar-refractivity contribution < 1.29 is 9.13 Å². The van der Waals surface area contributed by atoms with Gasteiger partial charge in [-0.25, -0.2) is 4.39 Å². The molecule has 2 rings (SSSR count). The smallest absolute Gasteiger partial charge is 0.128 e. The molecule has 17 heavy (non-hydrogen) atoms. The molecule has 0 bridgehead atoms. The number of halogens is 1. The highest BCUT2D eigenvalue weighted by Gasteiger charge is 2.17. The molecule has 1 aliphatic rings. The average Bonchev–Trinajstić information content (AvgIpc) is 2.32. The molecule has 0 aromatic heterocycles. The van der Waals surface area contributed by atoms with Crippen LogP contribution in [0.5, 0.6) is 0 Å². The molecule has 4 heteroatoms. The molecule has 1 atom stereocenters. The average molecular weight is 238 g/mol. The highest BCUT2D eigenvalue weighted by Crippen LogP contribution is 2.25. The van der Waals surface area contributed by atoms with Crippen LogP contribution in [0, 0.1) is 5.82 Å². The number of hydrogen-bond donors (Lipinski definition) is 1. The second-order valence-electron chi connectivity index (χ2n) is 4.52. The van der Waals surface area contributed by atoms with E-state index in [1.807, 2.05) is 13.0 Å². The topological polar surface area (TPSA) is 38.5 Å². The first-order valence-corrected chi connectivity index (χ1v) is 6.04. The Labute approximate surface area is 101 Å². The second-order valence-corrected chi connectivity index (χ2v) is 4.52. The largest absolute Gasteiger partial charge is 0.378 e. The van der Waals surface area contributed by atoms with Gasteiger partial charge >= 0.3 is 0 Å². The molecule has 1 unspecified atom stereocenters. The Bertz CT molecular complexity index is 376. The van der Waals surface area contributed by atoms with Crippen molar-refractivity contribution in [3.8, 4) is 0 Å². The summed E-state index contributed by atoms with van der Waals surface area (Å²) in [6.45, 7) is 4.93. The first-order valence-electron chi connectivity index (χ1n) is 6.04. The Morgan fingerprint density at radius 1 is 1.41 bits per heavy atom. The van der Waals surface area contributed by atoms with Crippen LogP contribution in [0.4, 0.5) is 10.1 Å². The number of anilines is 1. The zero-order valence-electron chi connectivity index (χ0n) is 10.2. The van der Waals surface area contributed by atoms with Gasteiger partial charge in [0.05, 0.1) is 13.2 Å². The van der Waals surface area contributed by atoms with Crippen LogP contribution in [-0.2, 0) is 11.2 Å². The minimum atomic E-state index is -0.161. The summed E-state index contributed by atoms with van der Waals surface area (Å²) in [6.07, 6.45) is 0.569. The van der Waals surface area contributed by atoms with Crippen LogP contribution in [0.3, 0.4) is 0 Å². The molecule has 1 aliphatic heterocycles. The van der Waals surface area contributed by atoms with Gasteiger partial charge in [0.25, 0.3) is 0 Å². The molecule has 3 nitrogen and oxygen atoms in total. The quantitative estimate of drug-likeness (QED) is 0.868. The Balaban J connectivity index is 2.27. The SMILES string of the molecule is CC(N)Cc1c(F)cccc1N1CCOCC1. The van der Waals surface area contributed by atoms with Gasteiger partial charge in [-0.15, -0.1) is 0 Å². The van der Waals surface area contributed by atoms with Crippen molar-refractivity contribution in [2.75, 3.05) is 31.2 Å². The summed E-state index contributed by atoms with van der Waals surface area (Å²) in [5, 5.41) is 0. The van der Waals surface area contributed by atoms with E-state index in [0.717, 1.165) is 24.3 Å². The first-order chi connectivity index (χ1) is 8.18. The maximum Gasteiger partial charge on any atom is 0.128 e. The van der Waals surface area contributed by atoms with Crippen LogP contribution < -0.4 is 10.6 Å². The van der Waals surface area contributed by atoms with Crippen LogP contribution in [0.15, 0.2) is 18.2 Å². The summed E-state index contributed by atoms with van der Waals surface area (Å²) in [4.78, 5) is 2.17. The van der Waals surface area contributed by atoms with Crippen molar-refractivity contribution in [3.05, 3.63) is 29.6 Å². The third-order valence-corrected chi connectivity index (χ3v) is 2.97. The summed E-state index contributed by atoms with van der Waals surface area (Å²) in [5.41, 5.74) is 7.47. The van der Waals surface area contributed by atoms with Crippen LogP contribution in [-0.4, -0.2) is 32.3 Å². The van der Waals surface area contributed by atoms with E-state index in [1.54, 1.807) is 6.07 Å². The zero-order valence-corrected chi connectivity index (χ0v) is 10.2. The fourth-order valence-corrected chi connectivity index (χ4v) is 2.17. The third kappa shape index (κ3) is 2.96. The van der Waals surface area contributed by atoms with E-state index in [1.165, 1.54) is 6.07 Å². The number of hydrogen-bond acceptors (Lipinski definition) is 3. The van der Waals surface area contributed by atoms with E-state index in [9.17, 15) is 4.39 Å². The molecule has 0 amide bonds. The molecule has 2 N–H and O–H groups in total. The summed E-state index contributed by atoms with van der Waals surface area (Å²) in [7, 11) is 0. The highest BCUT2D eigenvalue weighted by molar-refractivity contribution is 5.54. The van der Waals surface area contributed by atoms with Crippen molar-refractivity contribution >= 4 is 5.69 Å². The molecular formula is C13H19FN2O. The number of benzene rings is 1. The lowest BCUT2D eigenvalue weighted by molar-refractivity contribution is 0.122. The maximum absolute atomic E-state index is 13.9. The van der Waals surface area contributed by atoms with Crippen molar-refractivity contribution in [2.24, 2.45) is 5.73 Å². The van der Waals surface area contributed by atoms with Gasteiger partial charge in [-0.1, -0.05) is 6.07 Å². The number of nitrogens with two attached hydrogens (primary N) is 1. The number of nitrogens with zero attached hydrogens (tertiary/aromatic N) is 1. The second kappa shape index (κ2) is 5.47. The summed E-state index contributed by atoms with van der Waals surface area (Å²) >= 11 is 0. The fourth-order valence-electron chi connectivity index (χ4n) is 2.17. The molecule has 1 heterocycles. The van der Waals surface area contributed by atoms with Gasteiger partial charge in [0, 0.05) is 30.4 Å². The maximum atomic E-state index is 13.9. The molecule has 1 fully saturated rings. The zero-order chi connectivity index (χ0) is 12.3. The van der Waals surface area contributed by atoms with Crippen molar-refractivity contribution in [3.63, 3.8) is 0 Å². The predicted molar refractivity (Wildman–Crippen MR) is 66.8 cm³/mol. The fraction of sp³-hybridized carbons (Fsp3) is 0.538. The molecule has 0 aliphatic carbocycles. The summed E-state index contributed by atoms with van der Waals surface area (Å²) in [6, 6.07) is 5.19. The van der Waals surface area contributed by atoms with Crippen molar-refractivity contribution in [1.29, 1.82) is 0 Å². The minimum Gasteiger partial charge on any atom is -0.378 e. The van der Waals surface area contributed by atoms with E-state index < -0.39 is 0 Å². The van der Waals surface area contributed by atoms with E-state index in [2.05, 4.69) is 4.90 Å². The van der Waals surface area contributed by atoms with Gasteiger partial charge in [0.2, 0.25) is 0 Å². The van der Waals surface area contributed by atoms with E-state index in [-0.39, 0.29) is 11.9 Å². The van der Waals surface area contributed by atoms with E-state index in [4.69, 9.17) is 10.5 Å². The van der Waals surface area contributed by atoms with Gasteiger partial charge in [-0.3, -0.25) is 0 Å². The Morgan fingerprint density at radius 2 is 2.12 bits per heavy atom. The van der Waals surface area contributed by atoms with Gasteiger partial charge in [0.15, 0.2) is 0 Å². The molecule has 1 saturated heterocycles. The van der Waals surface area contributed by atoms with Crippen molar-refractivity contribution in [1.82, 2.24) is 0 Å². The number of ether oxygens (including phenoxy) is 1. The molecule has 1 aromatic carbocycles. The normalized spacial score (nSPS) is 18.2. The van der Waals surface area contributed by atoms with Gasteiger partial charge in [-0.05, 0) is 25.5 Å². The lowest BCUT2D eigenvalue weighted by Crippen LogP contribution is -2.37. The third-order valence-electron chi connectivity index (χ3n) is 2.97. The standard InChI is InChI=1S/C13H19FN2O/c1-10(15)9-11-12(14)3-2-4-13(11)16-5-7-17-8-6-16/h2-4,10H,5-9,15H2,1H3. The van der Waals surface area contributed by atoms with E-state index in [0.29, 0.717) is 19.6 Å². The lowest BCUT2D eigenvalue weighted by Gasteiger charge is -2.31. The number of morpholine rings is 1. The Morgan fingerprint density at radius 3 is 2.76 bits per heavy atom. The summed E-state index contributed by atoms with van der Waals surface area (Å²) < 4.78 is 19.2. The molecule has 1 aromatic rings. The van der Waals surface area contributed by atoms with Crippen LogP contribution in [0.25, 0.3) is 0 Å². The van der Waals surface area contributed by atoms with Gasteiger partial charge in [0.1, 0.15) is 5.82 Å². The number of rotatable bonds is 3. The first kappa shape index (κ1) is 12.3. The van der Waals surface area contributed by atoms with Gasteiger partial charge in [-0.2, -0.15) is 0 Å². The highest BCUT2D eigenvalue weighted by atomic mass is 19.1. The van der Waals surface area contributed by atoms with Gasteiger partial charge < -0.3 is 15.4 Å². The van der Waals surface area contributed by atoms with E-state index >= 15 is 0 Å². The lowest BCUT2D eigenvalue weighted by atomic mass is 10.0. The van der Waals surface area contributed by atoms with Crippen LogP contribution in [0.1, 0.15) is 12.5 Å². The molecule has 0 radical (unpaired) electrons. The monoisotopic (exact) mass is 238 g/mol. The molecule has 0 saturated carbocycles.